The Morgan fingerprint density at radius 2 is 1.95 bits per heavy atom. The van der Waals surface area contributed by atoms with Gasteiger partial charge in [-0.3, -0.25) is 4.79 Å². The van der Waals surface area contributed by atoms with Gasteiger partial charge < -0.3 is 9.67 Å². The van der Waals surface area contributed by atoms with Crippen LogP contribution in [0.4, 0.5) is 4.39 Å². The third kappa shape index (κ3) is 1.67. The van der Waals surface area contributed by atoms with Crippen LogP contribution in [0, 0.1) is 12.7 Å². The zero-order valence-electron chi connectivity index (χ0n) is 11.7. The number of hydrogen-bond donors (Lipinski definition) is 1. The summed E-state index contributed by atoms with van der Waals surface area (Å²) >= 11 is 0. The monoisotopic (exact) mass is 275 g/mol. The molecule has 0 spiro atoms. The van der Waals surface area contributed by atoms with E-state index in [1.54, 1.807) is 6.07 Å². The van der Waals surface area contributed by atoms with Gasteiger partial charge in [-0.05, 0) is 38.0 Å². The van der Waals surface area contributed by atoms with Crippen LogP contribution in [0.1, 0.15) is 36.9 Å². The lowest BCUT2D eigenvalue weighted by molar-refractivity contribution is -0.143. The third-order valence-corrected chi connectivity index (χ3v) is 4.75. The zero-order chi connectivity index (χ0) is 14.5. The minimum atomic E-state index is -1.05. The molecule has 1 fully saturated rings. The molecule has 1 aromatic heterocycles. The van der Waals surface area contributed by atoms with Crippen molar-refractivity contribution in [3.63, 3.8) is 0 Å². The molecule has 4 heteroatoms. The zero-order valence-corrected chi connectivity index (χ0v) is 11.7. The summed E-state index contributed by atoms with van der Waals surface area (Å²) in [5.74, 6) is -1.30. The first-order valence-corrected chi connectivity index (χ1v) is 6.95. The first-order chi connectivity index (χ1) is 9.45. The molecule has 3 nitrogen and oxygen atoms in total. The first-order valence-electron chi connectivity index (χ1n) is 6.95. The molecule has 0 amide bonds. The van der Waals surface area contributed by atoms with Gasteiger partial charge in [-0.25, -0.2) is 4.39 Å². The van der Waals surface area contributed by atoms with E-state index in [-0.39, 0.29) is 0 Å². The quantitative estimate of drug-likeness (QED) is 0.911. The molecular formula is C16H18FNO2. The fraction of sp³-hybridized carbons (Fsp3) is 0.438. The molecule has 20 heavy (non-hydrogen) atoms. The normalized spacial score (nSPS) is 17.8. The van der Waals surface area contributed by atoms with Gasteiger partial charge in [-0.2, -0.15) is 0 Å². The second kappa shape index (κ2) is 4.33. The van der Waals surface area contributed by atoms with Crippen molar-refractivity contribution in [1.82, 2.24) is 4.57 Å². The number of carboxylic acid groups (broad SMARTS) is 1. The number of aromatic nitrogens is 1. The fourth-order valence-electron chi connectivity index (χ4n) is 3.44. The van der Waals surface area contributed by atoms with Crippen molar-refractivity contribution in [3.8, 4) is 0 Å². The van der Waals surface area contributed by atoms with Crippen LogP contribution in [-0.4, -0.2) is 15.6 Å². The van der Waals surface area contributed by atoms with E-state index in [1.807, 2.05) is 24.6 Å². The lowest BCUT2D eigenvalue weighted by atomic mass is 9.78. The highest BCUT2D eigenvalue weighted by Crippen LogP contribution is 2.43. The van der Waals surface area contributed by atoms with Gasteiger partial charge in [-0.15, -0.1) is 0 Å². The van der Waals surface area contributed by atoms with Crippen molar-refractivity contribution in [2.45, 2.75) is 38.0 Å². The maximum absolute atomic E-state index is 14.4. The molecule has 1 N–H and O–H groups in total. The Kier molecular flexibility index (Phi) is 2.85. The molecule has 1 aliphatic rings. The summed E-state index contributed by atoms with van der Waals surface area (Å²) < 4.78 is 16.4. The summed E-state index contributed by atoms with van der Waals surface area (Å²) in [5, 5.41) is 10.4. The Morgan fingerprint density at radius 1 is 1.30 bits per heavy atom. The number of fused-ring (bicyclic) bond motifs is 1. The van der Waals surface area contributed by atoms with Crippen LogP contribution in [0.5, 0.6) is 0 Å². The highest BCUT2D eigenvalue weighted by Gasteiger charge is 2.44. The van der Waals surface area contributed by atoms with E-state index in [0.717, 1.165) is 29.4 Å². The second-order valence-electron chi connectivity index (χ2n) is 5.83. The standard InChI is InChI=1S/C16H18FNO2/c1-10-7-11-8-13(17)12(9-14(11)18(10)2)16(15(19)20)5-3-4-6-16/h7-9H,3-6H2,1-2H3,(H,19,20). The molecule has 0 unspecified atom stereocenters. The second-order valence-corrected chi connectivity index (χ2v) is 5.83. The SMILES string of the molecule is Cc1cc2cc(F)c(C3(C(=O)O)CCCC3)cc2n1C. The first kappa shape index (κ1) is 13.2. The van der Waals surface area contributed by atoms with Crippen molar-refractivity contribution in [3.05, 3.63) is 35.3 Å². The smallest absolute Gasteiger partial charge is 0.314 e. The number of rotatable bonds is 2. The van der Waals surface area contributed by atoms with Crippen LogP contribution in [0.25, 0.3) is 10.9 Å². The van der Waals surface area contributed by atoms with Crippen molar-refractivity contribution < 1.29 is 14.3 Å². The van der Waals surface area contributed by atoms with E-state index in [2.05, 4.69) is 0 Å². The number of carboxylic acids is 1. The van der Waals surface area contributed by atoms with Crippen LogP contribution in [0.2, 0.25) is 0 Å². The highest BCUT2D eigenvalue weighted by molar-refractivity contribution is 5.87. The number of nitrogens with zero attached hydrogens (tertiary/aromatic N) is 1. The van der Waals surface area contributed by atoms with Gasteiger partial charge in [0.2, 0.25) is 0 Å². The number of carbonyl (C=O) groups is 1. The molecule has 1 aliphatic carbocycles. The predicted octanol–water partition coefficient (Wildman–Crippen LogP) is 3.52. The van der Waals surface area contributed by atoms with Crippen LogP contribution in [0.15, 0.2) is 18.2 Å². The number of benzene rings is 1. The molecular weight excluding hydrogens is 257 g/mol. The Balaban J connectivity index is 2.27. The Labute approximate surface area is 117 Å². The summed E-state index contributed by atoms with van der Waals surface area (Å²) in [6, 6.07) is 5.13. The fourth-order valence-corrected chi connectivity index (χ4v) is 3.44. The number of aliphatic carboxylic acids is 1. The minimum absolute atomic E-state index is 0.344. The maximum Gasteiger partial charge on any atom is 0.314 e. The molecule has 0 radical (unpaired) electrons. The summed E-state index contributed by atoms with van der Waals surface area (Å²) in [4.78, 5) is 11.7. The topological polar surface area (TPSA) is 42.2 Å². The summed E-state index contributed by atoms with van der Waals surface area (Å²) in [7, 11) is 1.92. The summed E-state index contributed by atoms with van der Waals surface area (Å²) in [6.07, 6.45) is 2.73. The van der Waals surface area contributed by atoms with Gasteiger partial charge in [0, 0.05) is 29.2 Å². The third-order valence-electron chi connectivity index (χ3n) is 4.75. The van der Waals surface area contributed by atoms with Gasteiger partial charge in [0.15, 0.2) is 0 Å². The maximum atomic E-state index is 14.4. The van der Waals surface area contributed by atoms with Crippen LogP contribution < -0.4 is 0 Å². The minimum Gasteiger partial charge on any atom is -0.481 e. The average Bonchev–Trinajstić information content (AvgIpc) is 2.97. The predicted molar refractivity (Wildman–Crippen MR) is 75.4 cm³/mol. The summed E-state index contributed by atoms with van der Waals surface area (Å²) in [5.41, 5.74) is 1.23. The molecule has 0 aliphatic heterocycles. The van der Waals surface area contributed by atoms with E-state index < -0.39 is 17.2 Å². The van der Waals surface area contributed by atoms with E-state index in [0.29, 0.717) is 18.4 Å². The lowest BCUT2D eigenvalue weighted by Gasteiger charge is -2.25. The molecule has 0 atom stereocenters. The Bertz CT molecular complexity index is 696. The van der Waals surface area contributed by atoms with Crippen LogP contribution >= 0.6 is 0 Å². The molecule has 2 aromatic rings. The molecule has 1 heterocycles. The molecule has 0 bridgehead atoms. The molecule has 1 aromatic carbocycles. The van der Waals surface area contributed by atoms with Crippen molar-refractivity contribution in [1.29, 1.82) is 0 Å². The van der Waals surface area contributed by atoms with Gasteiger partial charge in [0.05, 0.1) is 5.41 Å². The van der Waals surface area contributed by atoms with E-state index >= 15 is 0 Å². The molecule has 3 rings (SSSR count). The lowest BCUT2D eigenvalue weighted by Crippen LogP contribution is -2.33. The molecule has 1 saturated carbocycles. The van der Waals surface area contributed by atoms with Gasteiger partial charge in [-0.1, -0.05) is 12.8 Å². The van der Waals surface area contributed by atoms with Crippen LogP contribution in [-0.2, 0) is 17.3 Å². The van der Waals surface area contributed by atoms with E-state index in [1.165, 1.54) is 6.07 Å². The molecule has 0 saturated heterocycles. The Morgan fingerprint density at radius 3 is 2.55 bits per heavy atom. The average molecular weight is 275 g/mol. The van der Waals surface area contributed by atoms with E-state index in [9.17, 15) is 14.3 Å². The van der Waals surface area contributed by atoms with Crippen molar-refractivity contribution >= 4 is 16.9 Å². The number of hydrogen-bond acceptors (Lipinski definition) is 1. The van der Waals surface area contributed by atoms with Gasteiger partial charge >= 0.3 is 5.97 Å². The van der Waals surface area contributed by atoms with Gasteiger partial charge in [0.1, 0.15) is 5.82 Å². The van der Waals surface area contributed by atoms with Crippen molar-refractivity contribution in [2.75, 3.05) is 0 Å². The molecule has 106 valence electrons. The summed E-state index contributed by atoms with van der Waals surface area (Å²) in [6.45, 7) is 1.96. The number of halogens is 1. The van der Waals surface area contributed by atoms with E-state index in [4.69, 9.17) is 0 Å². The highest BCUT2D eigenvalue weighted by atomic mass is 19.1. The van der Waals surface area contributed by atoms with Gasteiger partial charge in [0.25, 0.3) is 0 Å². The number of aryl methyl sites for hydroxylation is 2. The largest absolute Gasteiger partial charge is 0.481 e. The Hall–Kier alpha value is -1.84. The van der Waals surface area contributed by atoms with Crippen LogP contribution in [0.3, 0.4) is 0 Å². The van der Waals surface area contributed by atoms with Crippen molar-refractivity contribution in [2.24, 2.45) is 7.05 Å².